The van der Waals surface area contributed by atoms with Crippen LogP contribution in [0.1, 0.15) is 30.6 Å². The van der Waals surface area contributed by atoms with Gasteiger partial charge in [0.05, 0.1) is 29.0 Å². The summed E-state index contributed by atoms with van der Waals surface area (Å²) in [5.74, 6) is 0.823. The van der Waals surface area contributed by atoms with Gasteiger partial charge in [0.2, 0.25) is 0 Å². The van der Waals surface area contributed by atoms with Crippen molar-refractivity contribution in [3.05, 3.63) is 28.0 Å². The third-order valence-corrected chi connectivity index (χ3v) is 3.90. The molecule has 0 saturated heterocycles. The number of hydrogen-bond acceptors (Lipinski definition) is 4. The maximum absolute atomic E-state index is 4.45. The summed E-state index contributed by atoms with van der Waals surface area (Å²) >= 11 is 3.56. The van der Waals surface area contributed by atoms with Crippen LogP contribution in [0.4, 0.5) is 0 Å². The molecule has 2 rings (SSSR count). The normalized spacial score (nSPS) is 11.2. The summed E-state index contributed by atoms with van der Waals surface area (Å²) in [5.41, 5.74) is 2.08. The minimum atomic E-state index is 0.665. The molecule has 19 heavy (non-hydrogen) atoms. The van der Waals surface area contributed by atoms with E-state index < -0.39 is 0 Å². The molecule has 2 aromatic rings. The van der Waals surface area contributed by atoms with E-state index in [0.717, 1.165) is 34.7 Å². The van der Waals surface area contributed by atoms with Crippen molar-refractivity contribution in [2.24, 2.45) is 7.05 Å². The number of nitrogens with one attached hydrogen (secondary N) is 1. The predicted molar refractivity (Wildman–Crippen MR) is 76.8 cm³/mol. The molecule has 7 heteroatoms. The number of rotatable bonds is 6. The average molecular weight is 327 g/mol. The van der Waals surface area contributed by atoms with Crippen molar-refractivity contribution >= 4 is 15.9 Å². The highest BCUT2D eigenvalue weighted by molar-refractivity contribution is 9.10. The second kappa shape index (κ2) is 6.29. The summed E-state index contributed by atoms with van der Waals surface area (Å²) < 4.78 is 4.75. The molecule has 104 valence electrons. The standard InChI is InChI=1S/C12H19BrN6/c1-4-5-14-6-11-15-8-19(17-11)7-10-12(13)9(2)16-18(10)3/h8,14H,4-7H2,1-3H3. The Kier molecular flexibility index (Phi) is 4.71. The number of nitrogens with zero attached hydrogens (tertiary/aromatic N) is 5. The molecule has 2 heterocycles. The Bertz CT molecular complexity index is 544. The SMILES string of the molecule is CCCNCc1ncn(Cc2c(Br)c(C)nn2C)n1. The molecule has 2 aromatic heterocycles. The van der Waals surface area contributed by atoms with E-state index >= 15 is 0 Å². The first kappa shape index (κ1) is 14.2. The molecule has 0 bridgehead atoms. The topological polar surface area (TPSA) is 60.6 Å². The van der Waals surface area contributed by atoms with E-state index in [9.17, 15) is 0 Å². The van der Waals surface area contributed by atoms with Gasteiger partial charge in [-0.25, -0.2) is 9.67 Å². The molecule has 0 aliphatic rings. The number of halogens is 1. The maximum atomic E-state index is 4.45. The van der Waals surface area contributed by atoms with E-state index in [0.29, 0.717) is 13.1 Å². The summed E-state index contributed by atoms with van der Waals surface area (Å²) in [6.07, 6.45) is 2.87. The fourth-order valence-electron chi connectivity index (χ4n) is 1.87. The van der Waals surface area contributed by atoms with Crippen LogP contribution in [0.2, 0.25) is 0 Å². The molecule has 0 saturated carbocycles. The van der Waals surface area contributed by atoms with Gasteiger partial charge in [-0.1, -0.05) is 6.92 Å². The van der Waals surface area contributed by atoms with Gasteiger partial charge in [-0.15, -0.1) is 0 Å². The van der Waals surface area contributed by atoms with Crippen LogP contribution in [-0.2, 0) is 20.1 Å². The maximum Gasteiger partial charge on any atom is 0.164 e. The fourth-order valence-corrected chi connectivity index (χ4v) is 2.33. The lowest BCUT2D eigenvalue weighted by Crippen LogP contribution is -2.15. The van der Waals surface area contributed by atoms with E-state index in [-0.39, 0.29) is 0 Å². The van der Waals surface area contributed by atoms with E-state index in [2.05, 4.69) is 43.4 Å². The summed E-state index contributed by atoms with van der Waals surface area (Å²) in [6, 6.07) is 0. The van der Waals surface area contributed by atoms with Crippen LogP contribution in [0.3, 0.4) is 0 Å². The van der Waals surface area contributed by atoms with Crippen LogP contribution < -0.4 is 5.32 Å². The summed E-state index contributed by atoms with van der Waals surface area (Å²) in [5, 5.41) is 12.1. The van der Waals surface area contributed by atoms with Crippen LogP contribution in [-0.4, -0.2) is 31.1 Å². The van der Waals surface area contributed by atoms with Gasteiger partial charge in [0.15, 0.2) is 5.82 Å². The van der Waals surface area contributed by atoms with Crippen molar-refractivity contribution in [1.29, 1.82) is 0 Å². The molecule has 6 nitrogen and oxygen atoms in total. The molecule has 0 spiro atoms. The Morgan fingerprint density at radius 3 is 2.79 bits per heavy atom. The second-order valence-corrected chi connectivity index (χ2v) is 5.30. The third kappa shape index (κ3) is 3.42. The third-order valence-electron chi connectivity index (χ3n) is 2.87. The zero-order chi connectivity index (χ0) is 13.8. The van der Waals surface area contributed by atoms with Gasteiger partial charge in [-0.3, -0.25) is 4.68 Å². The highest BCUT2D eigenvalue weighted by atomic mass is 79.9. The highest BCUT2D eigenvalue weighted by Gasteiger charge is 2.11. The van der Waals surface area contributed by atoms with Gasteiger partial charge in [0.25, 0.3) is 0 Å². The van der Waals surface area contributed by atoms with Gasteiger partial charge in [0, 0.05) is 7.05 Å². The lowest BCUT2D eigenvalue weighted by Gasteiger charge is -2.02. The first-order valence-corrected chi connectivity index (χ1v) is 7.18. The Morgan fingerprint density at radius 2 is 2.16 bits per heavy atom. The van der Waals surface area contributed by atoms with Crippen molar-refractivity contribution in [2.75, 3.05) is 6.54 Å². The minimum absolute atomic E-state index is 0.665. The van der Waals surface area contributed by atoms with Crippen LogP contribution in [0.25, 0.3) is 0 Å². The Labute approximate surface area is 121 Å². The van der Waals surface area contributed by atoms with Gasteiger partial charge < -0.3 is 5.32 Å². The van der Waals surface area contributed by atoms with E-state index in [1.54, 1.807) is 6.33 Å². The van der Waals surface area contributed by atoms with E-state index in [1.807, 2.05) is 23.3 Å². The average Bonchev–Trinajstić information content (AvgIpc) is 2.91. The van der Waals surface area contributed by atoms with Crippen molar-refractivity contribution < 1.29 is 0 Å². The molecular weight excluding hydrogens is 308 g/mol. The van der Waals surface area contributed by atoms with Crippen LogP contribution in [0, 0.1) is 6.92 Å². The molecule has 0 aliphatic carbocycles. The number of hydrogen-bond donors (Lipinski definition) is 1. The van der Waals surface area contributed by atoms with Crippen molar-refractivity contribution in [2.45, 2.75) is 33.4 Å². The fraction of sp³-hybridized carbons (Fsp3) is 0.583. The zero-order valence-electron chi connectivity index (χ0n) is 11.5. The molecular formula is C12H19BrN6. The van der Waals surface area contributed by atoms with E-state index in [4.69, 9.17) is 0 Å². The number of aromatic nitrogens is 5. The minimum Gasteiger partial charge on any atom is -0.310 e. The lowest BCUT2D eigenvalue weighted by molar-refractivity contribution is 0.597. The largest absolute Gasteiger partial charge is 0.310 e. The Morgan fingerprint density at radius 1 is 1.37 bits per heavy atom. The van der Waals surface area contributed by atoms with Gasteiger partial charge in [0.1, 0.15) is 6.33 Å². The van der Waals surface area contributed by atoms with Crippen molar-refractivity contribution in [3.63, 3.8) is 0 Å². The van der Waals surface area contributed by atoms with E-state index in [1.165, 1.54) is 0 Å². The molecule has 0 radical (unpaired) electrons. The molecule has 0 unspecified atom stereocenters. The monoisotopic (exact) mass is 326 g/mol. The lowest BCUT2D eigenvalue weighted by atomic mass is 10.4. The van der Waals surface area contributed by atoms with Crippen LogP contribution >= 0.6 is 15.9 Å². The first-order valence-electron chi connectivity index (χ1n) is 6.38. The molecule has 0 aromatic carbocycles. The molecule has 1 N–H and O–H groups in total. The van der Waals surface area contributed by atoms with Gasteiger partial charge in [-0.05, 0) is 35.8 Å². The zero-order valence-corrected chi connectivity index (χ0v) is 13.1. The Hall–Kier alpha value is -1.21. The molecule has 0 amide bonds. The van der Waals surface area contributed by atoms with Crippen LogP contribution in [0.15, 0.2) is 10.8 Å². The summed E-state index contributed by atoms with van der Waals surface area (Å²) in [7, 11) is 1.94. The van der Waals surface area contributed by atoms with Gasteiger partial charge >= 0.3 is 0 Å². The smallest absolute Gasteiger partial charge is 0.164 e. The quantitative estimate of drug-likeness (QED) is 0.820. The predicted octanol–water partition coefficient (Wildman–Crippen LogP) is 1.63. The highest BCUT2D eigenvalue weighted by Crippen LogP contribution is 2.20. The molecule has 0 fully saturated rings. The van der Waals surface area contributed by atoms with Gasteiger partial charge in [-0.2, -0.15) is 10.2 Å². The Balaban J connectivity index is 2.03. The van der Waals surface area contributed by atoms with Crippen molar-refractivity contribution in [3.8, 4) is 0 Å². The number of aryl methyl sites for hydroxylation is 2. The second-order valence-electron chi connectivity index (χ2n) is 4.50. The summed E-state index contributed by atoms with van der Waals surface area (Å²) in [6.45, 7) is 6.49. The molecule has 0 atom stereocenters. The molecule has 0 aliphatic heterocycles. The first-order chi connectivity index (χ1) is 9.11. The van der Waals surface area contributed by atoms with Crippen molar-refractivity contribution in [1.82, 2.24) is 29.9 Å². The summed E-state index contributed by atoms with van der Waals surface area (Å²) in [4.78, 5) is 4.29. The van der Waals surface area contributed by atoms with Crippen LogP contribution in [0.5, 0.6) is 0 Å².